The van der Waals surface area contributed by atoms with E-state index in [1.165, 1.54) is 0 Å². The Balaban J connectivity index is 3.00. The van der Waals surface area contributed by atoms with Crippen molar-refractivity contribution >= 4 is 0 Å². The molecule has 1 rings (SSSR count). The van der Waals surface area contributed by atoms with Crippen molar-refractivity contribution in [3.05, 3.63) is 15.7 Å². The van der Waals surface area contributed by atoms with Gasteiger partial charge in [-0.05, 0) is 5.10 Å². The molecule has 0 spiro atoms. The van der Waals surface area contributed by atoms with E-state index in [4.69, 9.17) is 0 Å². The smallest absolute Gasteiger partial charge is 0.178 e. The first-order valence-electron chi connectivity index (χ1n) is 1.88. The highest BCUT2D eigenvalue weighted by Crippen LogP contribution is 1.59. The van der Waals surface area contributed by atoms with Crippen molar-refractivity contribution in [2.45, 2.75) is 0 Å². The van der Waals surface area contributed by atoms with Gasteiger partial charge in [-0.15, -0.1) is 0 Å². The van der Waals surface area contributed by atoms with Crippen LogP contribution in [0.25, 0.3) is 0 Å². The first-order chi connectivity index (χ1) is 4.29. The van der Waals surface area contributed by atoms with Gasteiger partial charge in [-0.1, -0.05) is 0 Å². The summed E-state index contributed by atoms with van der Waals surface area (Å²) < 4.78 is 0. The highest BCUT2D eigenvalue weighted by atomic mass is 16.7. The predicted molar refractivity (Wildman–Crippen MR) is 22.3 cm³/mol. The number of rotatable bonds is 1. The van der Waals surface area contributed by atoms with Crippen LogP contribution in [-0.2, 0) is 0 Å². The van der Waals surface area contributed by atoms with Crippen LogP contribution in [0, 0.1) is 10.1 Å². The molecule has 0 saturated carbocycles. The molecule has 8 heteroatoms. The van der Waals surface area contributed by atoms with Crippen LogP contribution in [0.3, 0.4) is 0 Å². The summed E-state index contributed by atoms with van der Waals surface area (Å²) in [5, 5.41) is 22.9. The number of nitrogens with one attached hydrogen (secondary N) is 1. The monoisotopic (exact) mass is 129 g/mol. The Kier molecular flexibility index (Phi) is 1.22. The minimum Gasteiger partial charge on any atom is -0.280 e. The van der Waals surface area contributed by atoms with Gasteiger partial charge in [-0.3, -0.25) is 10.3 Å². The van der Waals surface area contributed by atoms with Gasteiger partial charge in [0.1, 0.15) is 5.03 Å². The van der Waals surface area contributed by atoms with Gasteiger partial charge in [-0.2, -0.15) is 0 Å². The van der Waals surface area contributed by atoms with Gasteiger partial charge in [0.2, 0.25) is 0 Å². The lowest BCUT2D eigenvalue weighted by Gasteiger charge is -1.75. The minimum absolute atomic E-state index is 0.278. The molecule has 1 heterocycles. The van der Waals surface area contributed by atoms with Crippen LogP contribution in [0.15, 0.2) is 5.10 Å². The molecule has 0 aromatic carbocycles. The van der Waals surface area contributed by atoms with Crippen molar-refractivity contribution in [2.75, 3.05) is 0 Å². The number of aromatic amines is 1. The SMILES string of the molecule is O=[N+]([O-])/N=c1\nn[nH][n-]1. The maximum absolute atomic E-state index is 9.58. The van der Waals surface area contributed by atoms with Crippen LogP contribution in [0.2, 0.25) is 0 Å². The van der Waals surface area contributed by atoms with Gasteiger partial charge >= 0.3 is 0 Å². The van der Waals surface area contributed by atoms with Gasteiger partial charge in [-0.25, -0.2) is 20.4 Å². The molecular weight excluding hydrogens is 128 g/mol. The highest BCUT2D eigenvalue weighted by Gasteiger charge is 1.79. The topological polar surface area (TPSA) is 111 Å². The standard InChI is InChI=1S/CHN6O2/c8-7(9)4-1-2-5-6-3-1/h(H-,2,3,4,5,6)/q-1. The molecule has 0 fully saturated rings. The fraction of sp³-hybridized carbons (Fsp3) is 0. The van der Waals surface area contributed by atoms with E-state index in [2.05, 4.69) is 20.5 Å². The molecule has 0 aliphatic carbocycles. The molecule has 0 aliphatic heterocycles. The summed E-state index contributed by atoms with van der Waals surface area (Å²) in [5.41, 5.74) is -0.278. The molecule has 0 aliphatic rings. The second-order valence-corrected chi connectivity index (χ2v) is 1.05. The molecular formula is CHN6O2-. The number of nitrogens with zero attached hydrogens (tertiary/aromatic N) is 5. The molecule has 0 radical (unpaired) electrons. The van der Waals surface area contributed by atoms with Crippen LogP contribution in [-0.4, -0.2) is 20.6 Å². The Morgan fingerprint density at radius 3 is 3.11 bits per heavy atom. The first kappa shape index (κ1) is 5.41. The van der Waals surface area contributed by atoms with E-state index in [0.717, 1.165) is 0 Å². The maximum Gasteiger partial charge on any atom is 0.178 e. The predicted octanol–water partition coefficient (Wildman–Crippen LogP) is -2.15. The molecule has 1 aromatic heterocycles. The van der Waals surface area contributed by atoms with Crippen molar-refractivity contribution in [2.24, 2.45) is 5.10 Å². The van der Waals surface area contributed by atoms with E-state index in [-0.39, 0.29) is 5.62 Å². The van der Waals surface area contributed by atoms with Crippen LogP contribution in [0.5, 0.6) is 0 Å². The molecule has 1 N–H and O–H groups in total. The van der Waals surface area contributed by atoms with Crippen LogP contribution in [0.4, 0.5) is 0 Å². The average molecular weight is 129 g/mol. The van der Waals surface area contributed by atoms with Crippen molar-refractivity contribution in [3.8, 4) is 0 Å². The first-order valence-corrected chi connectivity index (χ1v) is 1.88. The zero-order chi connectivity index (χ0) is 6.69. The molecule has 8 nitrogen and oxygen atoms in total. The third-order valence-electron chi connectivity index (χ3n) is 0.505. The lowest BCUT2D eigenvalue weighted by molar-refractivity contribution is -0.491. The maximum atomic E-state index is 9.58. The van der Waals surface area contributed by atoms with Crippen LogP contribution < -0.4 is 10.7 Å². The Bertz CT molecular complexity index is 239. The number of hydrogen-bond acceptors (Lipinski definition) is 4. The number of hydrogen-bond donors (Lipinski definition) is 1. The zero-order valence-electron chi connectivity index (χ0n) is 4.05. The van der Waals surface area contributed by atoms with Crippen molar-refractivity contribution in [1.82, 2.24) is 20.6 Å². The Hall–Kier alpha value is -1.73. The Labute approximate surface area is 47.7 Å². The van der Waals surface area contributed by atoms with E-state index in [0.29, 0.717) is 0 Å². The fourth-order valence-corrected chi connectivity index (χ4v) is 0.272. The summed E-state index contributed by atoms with van der Waals surface area (Å²) in [6, 6.07) is 0. The summed E-state index contributed by atoms with van der Waals surface area (Å²) in [6.07, 6.45) is 0. The third kappa shape index (κ3) is 1.33. The Morgan fingerprint density at radius 2 is 2.67 bits per heavy atom. The second kappa shape index (κ2) is 2.03. The molecule has 9 heavy (non-hydrogen) atoms. The number of H-pyrrole nitrogens is 1. The van der Waals surface area contributed by atoms with E-state index in [1.54, 1.807) is 0 Å². The third-order valence-corrected chi connectivity index (χ3v) is 0.505. The van der Waals surface area contributed by atoms with Gasteiger partial charge in [0.25, 0.3) is 0 Å². The van der Waals surface area contributed by atoms with Gasteiger partial charge in [0.05, 0.1) is 0 Å². The summed E-state index contributed by atoms with van der Waals surface area (Å²) in [6.45, 7) is 0. The average Bonchev–Trinajstić information content (AvgIpc) is 2.15. The largest absolute Gasteiger partial charge is 0.280 e. The second-order valence-electron chi connectivity index (χ2n) is 1.05. The quantitative estimate of drug-likeness (QED) is 0.343. The molecule has 48 valence electrons. The Morgan fingerprint density at radius 1 is 1.89 bits per heavy atom. The molecule has 0 unspecified atom stereocenters. The minimum atomic E-state index is -0.898. The van der Waals surface area contributed by atoms with Crippen molar-refractivity contribution in [1.29, 1.82) is 0 Å². The fourth-order valence-electron chi connectivity index (χ4n) is 0.272. The summed E-state index contributed by atoms with van der Waals surface area (Å²) >= 11 is 0. The summed E-state index contributed by atoms with van der Waals surface area (Å²) in [4.78, 5) is 9.58. The van der Waals surface area contributed by atoms with E-state index < -0.39 is 5.03 Å². The van der Waals surface area contributed by atoms with Gasteiger partial charge < -0.3 is 0 Å². The van der Waals surface area contributed by atoms with E-state index in [1.807, 2.05) is 5.21 Å². The number of nitro groups is 1. The normalized spacial score (nSPS) is 11.8. The summed E-state index contributed by atoms with van der Waals surface area (Å²) in [7, 11) is 0. The lowest BCUT2D eigenvalue weighted by atomic mass is 11.3. The molecule has 0 saturated heterocycles. The van der Waals surface area contributed by atoms with Gasteiger partial charge in [0, 0.05) is 0 Å². The highest BCUT2D eigenvalue weighted by molar-refractivity contribution is 4.31. The zero-order valence-corrected chi connectivity index (χ0v) is 4.05. The molecule has 0 bridgehead atoms. The van der Waals surface area contributed by atoms with E-state index >= 15 is 0 Å². The summed E-state index contributed by atoms with van der Waals surface area (Å²) in [5.74, 6) is 0. The van der Waals surface area contributed by atoms with Crippen molar-refractivity contribution in [3.63, 3.8) is 0 Å². The molecule has 0 amide bonds. The van der Waals surface area contributed by atoms with Crippen LogP contribution >= 0.6 is 0 Å². The number of tetrazole rings is 1. The van der Waals surface area contributed by atoms with E-state index in [9.17, 15) is 10.1 Å². The van der Waals surface area contributed by atoms with Gasteiger partial charge in [0.15, 0.2) is 5.62 Å². The van der Waals surface area contributed by atoms with Crippen LogP contribution in [0.1, 0.15) is 0 Å². The lowest BCUT2D eigenvalue weighted by Crippen LogP contribution is -2.11. The molecule has 0 atom stereocenters. The molecule has 1 aromatic rings. The number of aromatic nitrogens is 4. The van der Waals surface area contributed by atoms with Crippen molar-refractivity contribution < 1.29 is 5.03 Å².